The fourth-order valence-corrected chi connectivity index (χ4v) is 4.06. The van der Waals surface area contributed by atoms with E-state index in [-0.39, 0.29) is 11.8 Å². The van der Waals surface area contributed by atoms with E-state index in [0.717, 1.165) is 23.2 Å². The summed E-state index contributed by atoms with van der Waals surface area (Å²) in [6, 6.07) is 9.43. The number of nitrogens with zero attached hydrogens (tertiary/aromatic N) is 6. The summed E-state index contributed by atoms with van der Waals surface area (Å²) in [7, 11) is 1.62. The number of carbonyl (C=O) groups excluding carboxylic acids is 1. The molecule has 1 atom stereocenters. The molecule has 4 heterocycles. The third-order valence-corrected chi connectivity index (χ3v) is 5.52. The van der Waals surface area contributed by atoms with Gasteiger partial charge in [0, 0.05) is 17.9 Å². The van der Waals surface area contributed by atoms with Crippen molar-refractivity contribution in [1.82, 2.24) is 29.6 Å². The number of ether oxygens (including phenoxy) is 2. The van der Waals surface area contributed by atoms with E-state index < -0.39 is 0 Å². The van der Waals surface area contributed by atoms with Crippen LogP contribution in [0.1, 0.15) is 42.5 Å². The van der Waals surface area contributed by atoms with Crippen molar-refractivity contribution in [3.8, 4) is 17.3 Å². The van der Waals surface area contributed by atoms with Crippen LogP contribution in [-0.4, -0.2) is 49.2 Å². The number of aryl methyl sites for hydroxylation is 1. The van der Waals surface area contributed by atoms with Gasteiger partial charge in [0.15, 0.2) is 23.0 Å². The van der Waals surface area contributed by atoms with Gasteiger partial charge in [-0.3, -0.25) is 4.79 Å². The van der Waals surface area contributed by atoms with E-state index >= 15 is 0 Å². The highest BCUT2D eigenvalue weighted by Gasteiger charge is 2.33. The van der Waals surface area contributed by atoms with Crippen molar-refractivity contribution in [3.05, 3.63) is 53.5 Å². The molecular weight excluding hydrogens is 410 g/mol. The first-order valence-electron chi connectivity index (χ1n) is 10.5. The first-order valence-corrected chi connectivity index (χ1v) is 10.5. The number of hydrogen-bond donors (Lipinski definition) is 1. The van der Waals surface area contributed by atoms with Gasteiger partial charge in [0.05, 0.1) is 19.4 Å². The average Bonchev–Trinajstić information content (AvgIpc) is 3.40. The monoisotopic (exact) mass is 433 g/mol. The van der Waals surface area contributed by atoms with Gasteiger partial charge >= 0.3 is 0 Å². The predicted octanol–water partition coefficient (Wildman–Crippen LogP) is 2.89. The lowest BCUT2D eigenvalue weighted by atomic mass is 9.85. The Hall–Kier alpha value is -3.95. The Labute approximate surface area is 184 Å². The molecule has 0 aliphatic carbocycles. The number of nitrogens with one attached hydrogen (secondary N) is 1. The van der Waals surface area contributed by atoms with Crippen molar-refractivity contribution in [1.29, 1.82) is 0 Å². The minimum Gasteiger partial charge on any atom is -0.493 e. The summed E-state index contributed by atoms with van der Waals surface area (Å²) in [5.74, 6) is 2.27. The van der Waals surface area contributed by atoms with Crippen LogP contribution in [0.25, 0.3) is 11.5 Å². The Morgan fingerprint density at radius 3 is 2.88 bits per heavy atom. The molecule has 4 aromatic rings. The molecule has 1 aliphatic rings. The van der Waals surface area contributed by atoms with Crippen LogP contribution in [0.4, 0.5) is 5.82 Å². The summed E-state index contributed by atoms with van der Waals surface area (Å²) in [5.41, 5.74) is 3.37. The predicted molar refractivity (Wildman–Crippen MR) is 117 cm³/mol. The zero-order valence-corrected chi connectivity index (χ0v) is 18.1. The summed E-state index contributed by atoms with van der Waals surface area (Å²) in [6.07, 6.45) is 2.75. The van der Waals surface area contributed by atoms with E-state index in [2.05, 4.69) is 27.5 Å². The quantitative estimate of drug-likeness (QED) is 0.498. The number of fused-ring (bicyclic) bond motifs is 2. The second-order valence-corrected chi connectivity index (χ2v) is 7.65. The Bertz CT molecular complexity index is 1310. The smallest absolute Gasteiger partial charge is 0.226 e. The zero-order valence-electron chi connectivity index (χ0n) is 18.1. The Kier molecular flexibility index (Phi) is 4.96. The lowest BCUT2D eigenvalue weighted by Gasteiger charge is -2.25. The van der Waals surface area contributed by atoms with Gasteiger partial charge in [0.25, 0.3) is 0 Å². The third kappa shape index (κ3) is 3.33. The van der Waals surface area contributed by atoms with Gasteiger partial charge < -0.3 is 14.8 Å². The number of rotatable bonds is 6. The zero-order chi connectivity index (χ0) is 22.2. The van der Waals surface area contributed by atoms with E-state index in [1.165, 1.54) is 6.33 Å². The SMILES string of the molecule is CCCOc1ccc([C@@H]2CC(=O)Nc3c2c(C)nn3-c2ccc3nncn3n2)cc1OC. The summed E-state index contributed by atoms with van der Waals surface area (Å²) < 4.78 is 14.6. The third-order valence-electron chi connectivity index (χ3n) is 5.52. The second kappa shape index (κ2) is 7.95. The van der Waals surface area contributed by atoms with Crippen LogP contribution in [0.15, 0.2) is 36.7 Å². The summed E-state index contributed by atoms with van der Waals surface area (Å²) in [4.78, 5) is 12.7. The number of carbonyl (C=O) groups is 1. The standard InChI is InChI=1S/C22H23N7O3/c1-4-9-32-16-6-5-14(10-17(16)31-3)15-11-20(30)24-22-21(15)13(2)26-29(22)19-8-7-18-25-23-12-28(18)27-19/h5-8,10,12,15H,4,9,11H2,1-3H3,(H,24,30)/t15-/m0/s1. The molecule has 10 heteroatoms. The summed E-state index contributed by atoms with van der Waals surface area (Å²) in [6.45, 7) is 4.60. The van der Waals surface area contributed by atoms with E-state index in [1.54, 1.807) is 28.4 Å². The van der Waals surface area contributed by atoms with Crippen LogP contribution in [0.2, 0.25) is 0 Å². The van der Waals surface area contributed by atoms with Crippen molar-refractivity contribution >= 4 is 17.4 Å². The van der Waals surface area contributed by atoms with Gasteiger partial charge in [-0.1, -0.05) is 13.0 Å². The van der Waals surface area contributed by atoms with Gasteiger partial charge in [-0.05, 0) is 43.2 Å². The largest absolute Gasteiger partial charge is 0.493 e. The highest BCUT2D eigenvalue weighted by molar-refractivity contribution is 5.95. The fourth-order valence-electron chi connectivity index (χ4n) is 4.06. The van der Waals surface area contributed by atoms with E-state index in [0.29, 0.717) is 41.8 Å². The minimum absolute atomic E-state index is 0.0840. The second-order valence-electron chi connectivity index (χ2n) is 7.65. The molecule has 1 amide bonds. The molecule has 10 nitrogen and oxygen atoms in total. The maximum Gasteiger partial charge on any atom is 0.226 e. The van der Waals surface area contributed by atoms with Crippen LogP contribution in [0.5, 0.6) is 11.5 Å². The highest BCUT2D eigenvalue weighted by Crippen LogP contribution is 2.42. The molecule has 5 rings (SSSR count). The van der Waals surface area contributed by atoms with Crippen LogP contribution >= 0.6 is 0 Å². The van der Waals surface area contributed by atoms with Crippen LogP contribution in [-0.2, 0) is 4.79 Å². The first kappa shape index (κ1) is 20.0. The van der Waals surface area contributed by atoms with E-state index in [9.17, 15) is 4.79 Å². The molecule has 0 saturated carbocycles. The summed E-state index contributed by atoms with van der Waals surface area (Å²) >= 11 is 0. The highest BCUT2D eigenvalue weighted by atomic mass is 16.5. The molecular formula is C22H23N7O3. The van der Waals surface area contributed by atoms with Crippen molar-refractivity contribution < 1.29 is 14.3 Å². The maximum atomic E-state index is 12.7. The lowest BCUT2D eigenvalue weighted by Crippen LogP contribution is -2.25. The Morgan fingerprint density at radius 2 is 2.06 bits per heavy atom. The first-order chi connectivity index (χ1) is 15.6. The number of methoxy groups -OCH3 is 1. The fraction of sp³-hybridized carbons (Fsp3) is 0.318. The number of benzene rings is 1. The average molecular weight is 433 g/mol. The van der Waals surface area contributed by atoms with Crippen molar-refractivity contribution in [2.75, 3.05) is 19.0 Å². The molecule has 0 fully saturated rings. The lowest BCUT2D eigenvalue weighted by molar-refractivity contribution is -0.116. The number of anilines is 1. The minimum atomic E-state index is -0.166. The number of amides is 1. The molecule has 0 radical (unpaired) electrons. The number of aromatic nitrogens is 6. The molecule has 1 aliphatic heterocycles. The maximum absolute atomic E-state index is 12.7. The van der Waals surface area contributed by atoms with Crippen molar-refractivity contribution in [3.63, 3.8) is 0 Å². The van der Waals surface area contributed by atoms with Crippen LogP contribution in [0.3, 0.4) is 0 Å². The molecule has 164 valence electrons. The van der Waals surface area contributed by atoms with Gasteiger partial charge in [0.2, 0.25) is 5.91 Å². The normalized spacial score (nSPS) is 15.5. The molecule has 0 unspecified atom stereocenters. The van der Waals surface area contributed by atoms with Crippen LogP contribution < -0.4 is 14.8 Å². The molecule has 0 spiro atoms. The van der Waals surface area contributed by atoms with E-state index in [1.807, 2.05) is 25.1 Å². The topological polar surface area (TPSA) is 108 Å². The molecule has 0 bridgehead atoms. The van der Waals surface area contributed by atoms with Gasteiger partial charge in [-0.15, -0.1) is 15.3 Å². The molecule has 32 heavy (non-hydrogen) atoms. The number of hydrogen-bond acceptors (Lipinski definition) is 7. The molecule has 3 aromatic heterocycles. The van der Waals surface area contributed by atoms with Gasteiger partial charge in [0.1, 0.15) is 12.1 Å². The van der Waals surface area contributed by atoms with Gasteiger partial charge in [-0.2, -0.15) is 14.3 Å². The Balaban J connectivity index is 1.59. The molecule has 1 aromatic carbocycles. The van der Waals surface area contributed by atoms with Crippen LogP contribution in [0, 0.1) is 6.92 Å². The van der Waals surface area contributed by atoms with E-state index in [4.69, 9.17) is 14.6 Å². The molecule has 1 N–H and O–H groups in total. The molecule has 0 saturated heterocycles. The summed E-state index contributed by atoms with van der Waals surface area (Å²) in [5, 5.41) is 20.0. The van der Waals surface area contributed by atoms with Crippen molar-refractivity contribution in [2.24, 2.45) is 0 Å². The van der Waals surface area contributed by atoms with Gasteiger partial charge in [-0.25, -0.2) is 0 Å². The van der Waals surface area contributed by atoms with Crippen molar-refractivity contribution in [2.45, 2.75) is 32.6 Å². The Morgan fingerprint density at radius 1 is 1.19 bits per heavy atom.